The Bertz CT molecular complexity index is 352. The van der Waals surface area contributed by atoms with Gasteiger partial charge in [0, 0.05) is 24.2 Å². The molecule has 0 saturated carbocycles. The van der Waals surface area contributed by atoms with Crippen LogP contribution in [0.1, 0.15) is 45.2 Å². The monoisotopic (exact) mass is 252 g/mol. The van der Waals surface area contributed by atoms with Crippen LogP contribution < -0.4 is 5.73 Å². The van der Waals surface area contributed by atoms with Gasteiger partial charge in [-0.3, -0.25) is 0 Å². The number of halogens is 1. The highest BCUT2D eigenvalue weighted by Gasteiger charge is 2.14. The minimum absolute atomic E-state index is 0.198. The van der Waals surface area contributed by atoms with Gasteiger partial charge in [0.2, 0.25) is 0 Å². The second kappa shape index (κ2) is 7.49. The maximum absolute atomic E-state index is 13.6. The number of hydrogen-bond acceptors (Lipinski definition) is 2. The number of rotatable bonds is 7. The van der Waals surface area contributed by atoms with Crippen LogP contribution in [0.4, 0.5) is 4.39 Å². The van der Waals surface area contributed by atoms with Crippen LogP contribution in [0.2, 0.25) is 0 Å². The predicted molar refractivity (Wildman–Crippen MR) is 74.9 cm³/mol. The van der Waals surface area contributed by atoms with Crippen LogP contribution in [0.5, 0.6) is 0 Å². The summed E-state index contributed by atoms with van der Waals surface area (Å²) in [4.78, 5) is 2.39. The Hall–Kier alpha value is -0.930. The third kappa shape index (κ3) is 4.39. The molecule has 0 aliphatic rings. The van der Waals surface area contributed by atoms with Crippen LogP contribution in [0.3, 0.4) is 0 Å². The van der Waals surface area contributed by atoms with Crippen molar-refractivity contribution in [2.24, 2.45) is 5.73 Å². The highest BCUT2D eigenvalue weighted by atomic mass is 19.1. The third-order valence-corrected chi connectivity index (χ3v) is 3.27. The topological polar surface area (TPSA) is 29.3 Å². The molecule has 0 amide bonds. The molecule has 3 heteroatoms. The number of benzene rings is 1. The van der Waals surface area contributed by atoms with E-state index in [0.717, 1.165) is 25.9 Å². The molecule has 0 heterocycles. The van der Waals surface area contributed by atoms with Crippen molar-refractivity contribution in [2.45, 2.75) is 45.7 Å². The Kier molecular flexibility index (Phi) is 6.30. The molecule has 1 aromatic rings. The van der Waals surface area contributed by atoms with E-state index in [0.29, 0.717) is 11.6 Å². The first-order valence-corrected chi connectivity index (χ1v) is 6.80. The van der Waals surface area contributed by atoms with Gasteiger partial charge in [-0.25, -0.2) is 4.39 Å². The van der Waals surface area contributed by atoms with E-state index in [9.17, 15) is 4.39 Å². The van der Waals surface area contributed by atoms with E-state index in [1.165, 1.54) is 6.07 Å². The molecule has 1 unspecified atom stereocenters. The van der Waals surface area contributed by atoms with Crippen LogP contribution in [-0.2, 0) is 0 Å². The van der Waals surface area contributed by atoms with Crippen molar-refractivity contribution in [1.82, 2.24) is 4.90 Å². The van der Waals surface area contributed by atoms with Crippen LogP contribution in [0.25, 0.3) is 0 Å². The predicted octanol–water partition coefficient (Wildman–Crippen LogP) is 3.34. The van der Waals surface area contributed by atoms with E-state index >= 15 is 0 Å². The Morgan fingerprint density at radius 1 is 1.22 bits per heavy atom. The molecule has 2 nitrogen and oxygen atoms in total. The molecule has 0 aliphatic heterocycles. The molecule has 1 atom stereocenters. The first kappa shape index (κ1) is 15.1. The summed E-state index contributed by atoms with van der Waals surface area (Å²) in [5.41, 5.74) is 6.70. The van der Waals surface area contributed by atoms with Crippen LogP contribution in [-0.4, -0.2) is 24.0 Å². The minimum Gasteiger partial charge on any atom is -0.324 e. The molecular weight excluding hydrogens is 227 g/mol. The number of hydrogen-bond donors (Lipinski definition) is 1. The van der Waals surface area contributed by atoms with E-state index in [4.69, 9.17) is 5.73 Å². The molecule has 102 valence electrons. The van der Waals surface area contributed by atoms with Crippen LogP contribution in [0.15, 0.2) is 24.3 Å². The number of nitrogens with two attached hydrogens (primary N) is 1. The van der Waals surface area contributed by atoms with Gasteiger partial charge in [-0.1, -0.05) is 25.1 Å². The molecule has 0 spiro atoms. The van der Waals surface area contributed by atoms with Gasteiger partial charge in [0.1, 0.15) is 5.82 Å². The van der Waals surface area contributed by atoms with Gasteiger partial charge in [-0.2, -0.15) is 0 Å². The second-order valence-corrected chi connectivity index (χ2v) is 5.05. The Morgan fingerprint density at radius 3 is 2.44 bits per heavy atom. The highest BCUT2D eigenvalue weighted by molar-refractivity contribution is 5.20. The van der Waals surface area contributed by atoms with Gasteiger partial charge in [0.25, 0.3) is 0 Å². The number of nitrogens with zero attached hydrogens (tertiary/aromatic N) is 1. The maximum Gasteiger partial charge on any atom is 0.127 e. The van der Waals surface area contributed by atoms with Crippen molar-refractivity contribution in [2.75, 3.05) is 13.1 Å². The van der Waals surface area contributed by atoms with Crippen LogP contribution in [0, 0.1) is 5.82 Å². The van der Waals surface area contributed by atoms with Crippen molar-refractivity contribution in [1.29, 1.82) is 0 Å². The fourth-order valence-electron chi connectivity index (χ4n) is 2.15. The molecule has 0 aliphatic carbocycles. The fourth-order valence-corrected chi connectivity index (χ4v) is 2.15. The van der Waals surface area contributed by atoms with Gasteiger partial charge >= 0.3 is 0 Å². The molecule has 2 N–H and O–H groups in total. The van der Waals surface area contributed by atoms with Gasteiger partial charge < -0.3 is 10.6 Å². The standard InChI is InChI=1S/C15H25FN2/c1-4-10-18(12(2)3)11-9-15(17)13-7-5-6-8-14(13)16/h5-8,12,15H,4,9-11,17H2,1-3H3. The molecule has 0 aromatic heterocycles. The van der Waals surface area contributed by atoms with Crippen molar-refractivity contribution in [3.05, 3.63) is 35.6 Å². The van der Waals surface area contributed by atoms with E-state index in [1.54, 1.807) is 12.1 Å². The fraction of sp³-hybridized carbons (Fsp3) is 0.600. The third-order valence-electron chi connectivity index (χ3n) is 3.27. The van der Waals surface area contributed by atoms with Crippen molar-refractivity contribution < 1.29 is 4.39 Å². The Morgan fingerprint density at radius 2 is 1.89 bits per heavy atom. The zero-order valence-electron chi connectivity index (χ0n) is 11.7. The zero-order valence-corrected chi connectivity index (χ0v) is 11.7. The first-order chi connectivity index (χ1) is 8.56. The molecule has 1 rings (SSSR count). The summed E-state index contributed by atoms with van der Waals surface area (Å²) in [5, 5.41) is 0. The van der Waals surface area contributed by atoms with E-state index < -0.39 is 0 Å². The highest BCUT2D eigenvalue weighted by Crippen LogP contribution is 2.18. The van der Waals surface area contributed by atoms with E-state index in [1.807, 2.05) is 6.07 Å². The second-order valence-electron chi connectivity index (χ2n) is 5.05. The molecule has 0 saturated heterocycles. The lowest BCUT2D eigenvalue weighted by atomic mass is 10.0. The quantitative estimate of drug-likeness (QED) is 0.806. The van der Waals surface area contributed by atoms with Gasteiger partial charge in [-0.15, -0.1) is 0 Å². The summed E-state index contributed by atoms with van der Waals surface area (Å²) < 4.78 is 13.6. The normalized spacial score (nSPS) is 13.3. The zero-order chi connectivity index (χ0) is 13.5. The lowest BCUT2D eigenvalue weighted by Gasteiger charge is -2.27. The Balaban J connectivity index is 2.54. The molecule has 0 fully saturated rings. The van der Waals surface area contributed by atoms with Crippen LogP contribution >= 0.6 is 0 Å². The van der Waals surface area contributed by atoms with E-state index in [2.05, 4.69) is 25.7 Å². The largest absolute Gasteiger partial charge is 0.324 e. The summed E-state index contributed by atoms with van der Waals surface area (Å²) in [6, 6.07) is 7.08. The average Bonchev–Trinajstić information content (AvgIpc) is 2.34. The molecule has 18 heavy (non-hydrogen) atoms. The summed E-state index contributed by atoms with van der Waals surface area (Å²) in [7, 11) is 0. The van der Waals surface area contributed by atoms with Crippen molar-refractivity contribution >= 4 is 0 Å². The summed E-state index contributed by atoms with van der Waals surface area (Å²) in [6.45, 7) is 8.53. The van der Waals surface area contributed by atoms with Crippen molar-refractivity contribution in [3.8, 4) is 0 Å². The minimum atomic E-state index is -0.218. The summed E-state index contributed by atoms with van der Waals surface area (Å²) in [6.07, 6.45) is 1.92. The van der Waals surface area contributed by atoms with E-state index in [-0.39, 0.29) is 11.9 Å². The lowest BCUT2D eigenvalue weighted by Crippen LogP contribution is -2.34. The SMILES string of the molecule is CCCN(CCC(N)c1ccccc1F)C(C)C. The molecule has 1 aromatic carbocycles. The van der Waals surface area contributed by atoms with Gasteiger partial charge in [0.15, 0.2) is 0 Å². The van der Waals surface area contributed by atoms with Gasteiger partial charge in [-0.05, 0) is 39.3 Å². The molecule has 0 radical (unpaired) electrons. The summed E-state index contributed by atoms with van der Waals surface area (Å²) >= 11 is 0. The lowest BCUT2D eigenvalue weighted by molar-refractivity contribution is 0.214. The summed E-state index contributed by atoms with van der Waals surface area (Å²) in [5.74, 6) is -0.198. The molecular formula is C15H25FN2. The average molecular weight is 252 g/mol. The maximum atomic E-state index is 13.6. The van der Waals surface area contributed by atoms with Gasteiger partial charge in [0.05, 0.1) is 0 Å². The van der Waals surface area contributed by atoms with Crippen molar-refractivity contribution in [3.63, 3.8) is 0 Å². The molecule has 0 bridgehead atoms. The smallest absolute Gasteiger partial charge is 0.127 e. The first-order valence-electron chi connectivity index (χ1n) is 6.80. The Labute approximate surface area is 110 Å².